The van der Waals surface area contributed by atoms with Crippen LogP contribution in [0.4, 0.5) is 0 Å². The van der Waals surface area contributed by atoms with Gasteiger partial charge in [-0.15, -0.1) is 11.8 Å². The fourth-order valence-corrected chi connectivity index (χ4v) is 5.08. The third-order valence-electron chi connectivity index (χ3n) is 5.10. The Bertz CT molecular complexity index is 1030. The highest BCUT2D eigenvalue weighted by molar-refractivity contribution is 7.98. The quantitative estimate of drug-likeness (QED) is 0.681. The summed E-state index contributed by atoms with van der Waals surface area (Å²) in [6, 6.07) is 12.3. The van der Waals surface area contributed by atoms with Crippen molar-refractivity contribution in [2.75, 3.05) is 19.8 Å². The maximum absolute atomic E-state index is 12.8. The molecule has 1 heterocycles. The monoisotopic (exact) mass is 448 g/mol. The summed E-state index contributed by atoms with van der Waals surface area (Å²) in [5.74, 6) is 0.405. The third kappa shape index (κ3) is 4.99. The predicted octanol–water partition coefficient (Wildman–Crippen LogP) is 3.76. The minimum absolute atomic E-state index is 0.170. The first-order valence-electron chi connectivity index (χ1n) is 9.71. The van der Waals surface area contributed by atoms with E-state index in [4.69, 9.17) is 4.74 Å². The molecule has 2 aromatic rings. The van der Waals surface area contributed by atoms with Crippen molar-refractivity contribution >= 4 is 27.7 Å². The normalized spacial score (nSPS) is 17.9. The molecule has 1 aliphatic rings. The van der Waals surface area contributed by atoms with Crippen molar-refractivity contribution < 1.29 is 17.9 Å². The minimum Gasteiger partial charge on any atom is -0.487 e. The van der Waals surface area contributed by atoms with E-state index in [0.29, 0.717) is 6.42 Å². The fourth-order valence-electron chi connectivity index (χ4n) is 3.54. The lowest BCUT2D eigenvalue weighted by Gasteiger charge is -2.38. The van der Waals surface area contributed by atoms with Crippen LogP contribution in [0.2, 0.25) is 0 Å². The first-order chi connectivity index (χ1) is 14.0. The van der Waals surface area contributed by atoms with Gasteiger partial charge in [-0.1, -0.05) is 12.1 Å². The molecular formula is C22H28N2O4S2. The van der Waals surface area contributed by atoms with E-state index >= 15 is 0 Å². The number of hydrogen-bond donors (Lipinski definition) is 1. The van der Waals surface area contributed by atoms with Gasteiger partial charge in [-0.3, -0.25) is 4.79 Å². The van der Waals surface area contributed by atoms with E-state index in [1.165, 1.54) is 18.8 Å². The molecule has 0 aliphatic carbocycles. The van der Waals surface area contributed by atoms with Crippen LogP contribution in [0, 0.1) is 6.92 Å². The number of hydrogen-bond acceptors (Lipinski definition) is 5. The summed E-state index contributed by atoms with van der Waals surface area (Å²) < 4.78 is 32.8. The Morgan fingerprint density at radius 3 is 2.53 bits per heavy atom. The number of nitrogens with one attached hydrogen (secondary N) is 1. The highest BCUT2D eigenvalue weighted by Gasteiger charge is 2.35. The van der Waals surface area contributed by atoms with Crippen molar-refractivity contribution in [1.82, 2.24) is 9.62 Å². The van der Waals surface area contributed by atoms with Crippen LogP contribution in [0.25, 0.3) is 0 Å². The fraction of sp³-hybridized carbons (Fsp3) is 0.409. The summed E-state index contributed by atoms with van der Waals surface area (Å²) in [6.07, 6.45) is 2.53. The summed E-state index contributed by atoms with van der Waals surface area (Å²) in [5.41, 5.74) is 1.55. The molecule has 30 heavy (non-hydrogen) atoms. The molecule has 162 valence electrons. The molecule has 0 bridgehead atoms. The second-order valence-electron chi connectivity index (χ2n) is 8.16. The van der Waals surface area contributed by atoms with Gasteiger partial charge in [0.1, 0.15) is 11.4 Å². The topological polar surface area (TPSA) is 75.7 Å². The Morgan fingerprint density at radius 2 is 1.90 bits per heavy atom. The molecule has 1 unspecified atom stereocenters. The summed E-state index contributed by atoms with van der Waals surface area (Å²) in [4.78, 5) is 13.9. The molecule has 0 aromatic heterocycles. The number of carbonyl (C=O) groups is 1. The minimum atomic E-state index is -3.75. The summed E-state index contributed by atoms with van der Waals surface area (Å²) in [6.45, 7) is 5.69. The number of carbonyl (C=O) groups excluding carboxylic acids is 1. The van der Waals surface area contributed by atoms with E-state index in [1.807, 2.05) is 45.2 Å². The van der Waals surface area contributed by atoms with Crippen molar-refractivity contribution in [3.8, 4) is 5.75 Å². The van der Waals surface area contributed by atoms with Crippen molar-refractivity contribution in [2.24, 2.45) is 0 Å². The second-order valence-corrected chi connectivity index (χ2v) is 11.1. The Kier molecular flexibility index (Phi) is 6.50. The first-order valence-corrected chi connectivity index (χ1v) is 12.4. The number of sulfonamides is 1. The number of rotatable bonds is 6. The van der Waals surface area contributed by atoms with E-state index in [9.17, 15) is 13.2 Å². The standard InChI is InChI=1S/C22H28N2O4S2/c1-15-6-11-18-19(13-22(2,3)28-20(18)12-15)23-21(25)14-24(4)30(26,27)17-9-7-16(29-5)8-10-17/h6-12,19H,13-14H2,1-5H3,(H,23,25). The van der Waals surface area contributed by atoms with Gasteiger partial charge in [0.25, 0.3) is 0 Å². The molecule has 1 amide bonds. The van der Waals surface area contributed by atoms with Crippen molar-refractivity contribution in [2.45, 2.75) is 48.6 Å². The molecule has 0 fully saturated rings. The lowest BCUT2D eigenvalue weighted by molar-refractivity contribution is -0.122. The van der Waals surface area contributed by atoms with Crippen LogP contribution in [0.5, 0.6) is 5.75 Å². The molecule has 2 aromatic carbocycles. The molecular weight excluding hydrogens is 420 g/mol. The molecule has 1 atom stereocenters. The Hall–Kier alpha value is -2.03. The van der Waals surface area contributed by atoms with Gasteiger partial charge in [0.05, 0.1) is 17.5 Å². The van der Waals surface area contributed by atoms with Gasteiger partial charge in [0.2, 0.25) is 15.9 Å². The van der Waals surface area contributed by atoms with Crippen LogP contribution in [-0.4, -0.2) is 44.1 Å². The number of thioether (sulfide) groups is 1. The maximum atomic E-state index is 12.8. The molecule has 3 rings (SSSR count). The van der Waals surface area contributed by atoms with Gasteiger partial charge >= 0.3 is 0 Å². The van der Waals surface area contributed by atoms with Gasteiger partial charge in [-0.25, -0.2) is 8.42 Å². The molecule has 8 heteroatoms. The summed E-state index contributed by atoms with van der Waals surface area (Å²) in [7, 11) is -2.33. The van der Waals surface area contributed by atoms with Crippen LogP contribution >= 0.6 is 11.8 Å². The van der Waals surface area contributed by atoms with Gasteiger partial charge < -0.3 is 10.1 Å². The van der Waals surface area contributed by atoms with Crippen molar-refractivity contribution in [1.29, 1.82) is 0 Å². The predicted molar refractivity (Wildman–Crippen MR) is 119 cm³/mol. The Balaban J connectivity index is 1.73. The maximum Gasteiger partial charge on any atom is 0.243 e. The summed E-state index contributed by atoms with van der Waals surface area (Å²) in [5, 5.41) is 2.99. The van der Waals surface area contributed by atoms with Crippen LogP contribution in [0.15, 0.2) is 52.3 Å². The summed E-state index contributed by atoms with van der Waals surface area (Å²) >= 11 is 1.54. The lowest BCUT2D eigenvalue weighted by atomic mass is 9.89. The number of amides is 1. The van der Waals surface area contributed by atoms with Gasteiger partial charge in [0.15, 0.2) is 0 Å². The first kappa shape index (κ1) is 22.7. The molecule has 0 spiro atoms. The van der Waals surface area contributed by atoms with Crippen LogP contribution < -0.4 is 10.1 Å². The number of fused-ring (bicyclic) bond motifs is 1. The Labute approximate surface area is 183 Å². The van der Waals surface area contributed by atoms with E-state index in [-0.39, 0.29) is 23.4 Å². The lowest BCUT2D eigenvalue weighted by Crippen LogP contribution is -2.44. The van der Waals surface area contributed by atoms with E-state index in [1.54, 1.807) is 24.3 Å². The smallest absolute Gasteiger partial charge is 0.243 e. The van der Waals surface area contributed by atoms with Crippen molar-refractivity contribution in [3.05, 3.63) is 53.6 Å². The SMILES string of the molecule is CSc1ccc(S(=O)(=O)N(C)CC(=O)NC2CC(C)(C)Oc3cc(C)ccc32)cc1. The number of likely N-dealkylation sites (N-methyl/N-ethyl adjacent to an activating group) is 1. The van der Waals surface area contributed by atoms with Crippen LogP contribution in [-0.2, 0) is 14.8 Å². The average molecular weight is 449 g/mol. The van der Waals surface area contributed by atoms with E-state index in [2.05, 4.69) is 5.32 Å². The number of nitrogens with zero attached hydrogens (tertiary/aromatic N) is 1. The van der Waals surface area contributed by atoms with Gasteiger partial charge in [-0.2, -0.15) is 4.31 Å². The van der Waals surface area contributed by atoms with E-state index in [0.717, 1.165) is 26.1 Å². The van der Waals surface area contributed by atoms with Gasteiger partial charge in [0, 0.05) is 23.9 Å². The second kappa shape index (κ2) is 8.61. The average Bonchev–Trinajstić information content (AvgIpc) is 2.66. The zero-order valence-electron chi connectivity index (χ0n) is 17.9. The number of benzene rings is 2. The molecule has 6 nitrogen and oxygen atoms in total. The highest BCUT2D eigenvalue weighted by Crippen LogP contribution is 2.39. The molecule has 0 radical (unpaired) electrons. The number of aryl methyl sites for hydroxylation is 1. The number of ether oxygens (including phenoxy) is 1. The zero-order chi connectivity index (χ0) is 22.1. The highest BCUT2D eigenvalue weighted by atomic mass is 32.2. The molecule has 1 aliphatic heterocycles. The molecule has 1 N–H and O–H groups in total. The zero-order valence-corrected chi connectivity index (χ0v) is 19.6. The van der Waals surface area contributed by atoms with Crippen LogP contribution in [0.1, 0.15) is 37.4 Å². The van der Waals surface area contributed by atoms with Crippen molar-refractivity contribution in [3.63, 3.8) is 0 Å². The van der Waals surface area contributed by atoms with Gasteiger partial charge in [-0.05, 0) is 62.9 Å². The molecule has 0 saturated heterocycles. The van der Waals surface area contributed by atoms with Crippen LogP contribution in [0.3, 0.4) is 0 Å². The molecule has 0 saturated carbocycles. The largest absolute Gasteiger partial charge is 0.487 e. The Morgan fingerprint density at radius 1 is 1.23 bits per heavy atom. The third-order valence-corrected chi connectivity index (χ3v) is 7.66. The van der Waals surface area contributed by atoms with E-state index < -0.39 is 15.6 Å².